The molecule has 0 aliphatic heterocycles. The molecule has 0 bridgehead atoms. The summed E-state index contributed by atoms with van der Waals surface area (Å²) >= 11 is 5.35. The fraction of sp³-hybridized carbons (Fsp3) is 0.750. The summed E-state index contributed by atoms with van der Waals surface area (Å²) in [5.74, 6) is -0.736. The van der Waals surface area contributed by atoms with Crippen LogP contribution >= 0.6 is 24.4 Å². The SMILES string of the molecule is CSCC(NC(=O)[C@H](C)CS)C(=O)O. The molecule has 0 aliphatic carbocycles. The van der Waals surface area contributed by atoms with Gasteiger partial charge in [0.2, 0.25) is 5.91 Å². The third-order valence-corrected chi connectivity index (χ3v) is 2.88. The summed E-state index contributed by atoms with van der Waals surface area (Å²) in [5, 5.41) is 11.2. The number of thiol groups is 1. The van der Waals surface area contributed by atoms with E-state index < -0.39 is 12.0 Å². The topological polar surface area (TPSA) is 66.4 Å². The fourth-order valence-corrected chi connectivity index (χ4v) is 1.46. The summed E-state index contributed by atoms with van der Waals surface area (Å²) in [6, 6.07) is -0.806. The second-order valence-corrected chi connectivity index (χ2v) is 4.21. The van der Waals surface area contributed by atoms with Crippen LogP contribution in [0.15, 0.2) is 0 Å². The van der Waals surface area contributed by atoms with Gasteiger partial charge < -0.3 is 10.4 Å². The lowest BCUT2D eigenvalue weighted by Gasteiger charge is -2.15. The Bertz CT molecular complexity index is 211. The molecule has 0 aromatic rings. The van der Waals surface area contributed by atoms with Crippen LogP contribution in [0.25, 0.3) is 0 Å². The van der Waals surface area contributed by atoms with Gasteiger partial charge in [0.25, 0.3) is 0 Å². The van der Waals surface area contributed by atoms with Crippen LogP contribution in [-0.4, -0.2) is 40.8 Å². The molecule has 0 fully saturated rings. The number of carboxylic acid groups (broad SMARTS) is 1. The highest BCUT2D eigenvalue weighted by Crippen LogP contribution is 2.02. The Kier molecular flexibility index (Phi) is 6.82. The second kappa shape index (κ2) is 7.00. The first-order chi connectivity index (χ1) is 6.52. The molecule has 4 nitrogen and oxygen atoms in total. The highest BCUT2D eigenvalue weighted by Gasteiger charge is 2.21. The van der Waals surface area contributed by atoms with E-state index in [1.54, 1.807) is 13.2 Å². The number of hydrogen-bond acceptors (Lipinski definition) is 4. The van der Waals surface area contributed by atoms with Gasteiger partial charge >= 0.3 is 5.97 Å². The number of carbonyl (C=O) groups is 2. The highest BCUT2D eigenvalue weighted by molar-refractivity contribution is 7.98. The molecule has 1 unspecified atom stereocenters. The average Bonchev–Trinajstić information content (AvgIpc) is 2.15. The van der Waals surface area contributed by atoms with Gasteiger partial charge in [-0.05, 0) is 6.26 Å². The Hall–Kier alpha value is -0.360. The van der Waals surface area contributed by atoms with Crippen molar-refractivity contribution in [3.63, 3.8) is 0 Å². The highest BCUT2D eigenvalue weighted by atomic mass is 32.2. The zero-order valence-electron chi connectivity index (χ0n) is 8.19. The zero-order chi connectivity index (χ0) is 11.1. The molecule has 6 heteroatoms. The first-order valence-corrected chi connectivity index (χ1v) is 6.18. The van der Waals surface area contributed by atoms with Crippen LogP contribution in [0.5, 0.6) is 0 Å². The van der Waals surface area contributed by atoms with E-state index in [-0.39, 0.29) is 11.8 Å². The maximum Gasteiger partial charge on any atom is 0.327 e. The van der Waals surface area contributed by atoms with Crippen molar-refractivity contribution < 1.29 is 14.7 Å². The number of aliphatic carboxylic acids is 1. The van der Waals surface area contributed by atoms with Gasteiger partial charge in [-0.3, -0.25) is 4.79 Å². The van der Waals surface area contributed by atoms with E-state index in [2.05, 4.69) is 17.9 Å². The molecule has 0 aliphatic rings. The summed E-state index contributed by atoms with van der Waals surface area (Å²) in [4.78, 5) is 22.0. The van der Waals surface area contributed by atoms with E-state index in [0.717, 1.165) is 0 Å². The average molecular weight is 237 g/mol. The summed E-state index contributed by atoms with van der Waals surface area (Å²) < 4.78 is 0. The minimum atomic E-state index is -1.00. The maximum absolute atomic E-state index is 11.3. The summed E-state index contributed by atoms with van der Waals surface area (Å²) in [5.41, 5.74) is 0. The predicted octanol–water partition coefficient (Wildman–Crippen LogP) is 0.485. The number of hydrogen-bond donors (Lipinski definition) is 3. The monoisotopic (exact) mass is 237 g/mol. The van der Waals surface area contributed by atoms with E-state index in [0.29, 0.717) is 11.5 Å². The zero-order valence-corrected chi connectivity index (χ0v) is 9.90. The molecule has 82 valence electrons. The molecule has 0 rings (SSSR count). The summed E-state index contributed by atoms with van der Waals surface area (Å²) in [6.45, 7) is 1.71. The van der Waals surface area contributed by atoms with E-state index in [9.17, 15) is 9.59 Å². The van der Waals surface area contributed by atoms with Gasteiger partial charge in [0, 0.05) is 17.4 Å². The Labute approximate surface area is 93.2 Å². The van der Waals surface area contributed by atoms with Crippen LogP contribution in [0.1, 0.15) is 6.92 Å². The third-order valence-electron chi connectivity index (χ3n) is 1.67. The van der Waals surface area contributed by atoms with Gasteiger partial charge in [-0.25, -0.2) is 4.79 Å². The van der Waals surface area contributed by atoms with Crippen molar-refractivity contribution in [2.45, 2.75) is 13.0 Å². The van der Waals surface area contributed by atoms with Gasteiger partial charge in [0.1, 0.15) is 6.04 Å². The summed E-state index contributed by atoms with van der Waals surface area (Å²) in [7, 11) is 0. The van der Waals surface area contributed by atoms with Crippen molar-refractivity contribution >= 4 is 36.3 Å². The maximum atomic E-state index is 11.3. The van der Waals surface area contributed by atoms with Crippen molar-refractivity contribution in [3.8, 4) is 0 Å². The van der Waals surface area contributed by atoms with Crippen LogP contribution in [0, 0.1) is 5.92 Å². The first-order valence-electron chi connectivity index (χ1n) is 4.15. The smallest absolute Gasteiger partial charge is 0.327 e. The molecule has 0 heterocycles. The van der Waals surface area contributed by atoms with Gasteiger partial charge in [-0.1, -0.05) is 6.92 Å². The van der Waals surface area contributed by atoms with Crippen LogP contribution < -0.4 is 5.32 Å². The standard InChI is InChI=1S/C8H15NO3S2/c1-5(3-13)7(10)9-6(4-14-2)8(11)12/h5-6,13H,3-4H2,1-2H3,(H,9,10)(H,11,12)/t5-,6?/m1/s1. The molecule has 0 aromatic heterocycles. The molecule has 14 heavy (non-hydrogen) atoms. The van der Waals surface area contributed by atoms with Crippen LogP contribution in [0.3, 0.4) is 0 Å². The summed E-state index contributed by atoms with van der Waals surface area (Å²) in [6.07, 6.45) is 1.80. The number of amides is 1. The first kappa shape index (κ1) is 13.6. The largest absolute Gasteiger partial charge is 0.480 e. The molecule has 1 amide bonds. The number of rotatable bonds is 6. The lowest BCUT2D eigenvalue weighted by Crippen LogP contribution is -2.45. The number of thioether (sulfide) groups is 1. The molecule has 2 N–H and O–H groups in total. The van der Waals surface area contributed by atoms with Gasteiger partial charge in [-0.2, -0.15) is 24.4 Å². The number of carbonyl (C=O) groups excluding carboxylic acids is 1. The Morgan fingerprint density at radius 2 is 2.14 bits per heavy atom. The molecule has 0 saturated heterocycles. The Morgan fingerprint density at radius 3 is 2.50 bits per heavy atom. The normalized spacial score (nSPS) is 14.5. The van der Waals surface area contributed by atoms with E-state index in [4.69, 9.17) is 5.11 Å². The molecular formula is C8H15NO3S2. The molecule has 0 aromatic carbocycles. The van der Waals surface area contributed by atoms with Crippen molar-refractivity contribution in [2.24, 2.45) is 5.92 Å². The third kappa shape index (κ3) is 4.76. The second-order valence-electron chi connectivity index (χ2n) is 2.94. The molecule has 2 atom stereocenters. The van der Waals surface area contributed by atoms with Crippen molar-refractivity contribution in [1.29, 1.82) is 0 Å². The lowest BCUT2D eigenvalue weighted by atomic mass is 10.2. The predicted molar refractivity (Wildman–Crippen MR) is 61.0 cm³/mol. The van der Waals surface area contributed by atoms with E-state index in [1.165, 1.54) is 11.8 Å². The molecular weight excluding hydrogens is 222 g/mol. The molecule has 0 radical (unpaired) electrons. The van der Waals surface area contributed by atoms with Gasteiger partial charge in [0.05, 0.1) is 0 Å². The van der Waals surface area contributed by atoms with E-state index in [1.807, 2.05) is 0 Å². The van der Waals surface area contributed by atoms with Crippen molar-refractivity contribution in [2.75, 3.05) is 17.8 Å². The molecule has 0 saturated carbocycles. The van der Waals surface area contributed by atoms with Gasteiger partial charge in [0.15, 0.2) is 0 Å². The van der Waals surface area contributed by atoms with Gasteiger partial charge in [-0.15, -0.1) is 0 Å². The quantitative estimate of drug-likeness (QED) is 0.588. The van der Waals surface area contributed by atoms with Crippen LogP contribution in [-0.2, 0) is 9.59 Å². The number of carboxylic acids is 1. The molecule has 0 spiro atoms. The van der Waals surface area contributed by atoms with Crippen molar-refractivity contribution in [3.05, 3.63) is 0 Å². The Morgan fingerprint density at radius 1 is 1.57 bits per heavy atom. The lowest BCUT2D eigenvalue weighted by molar-refractivity contribution is -0.141. The Balaban J connectivity index is 4.15. The minimum absolute atomic E-state index is 0.262. The fourth-order valence-electron chi connectivity index (χ4n) is 0.738. The van der Waals surface area contributed by atoms with Crippen LogP contribution in [0.2, 0.25) is 0 Å². The van der Waals surface area contributed by atoms with Crippen molar-refractivity contribution in [1.82, 2.24) is 5.32 Å². The minimum Gasteiger partial charge on any atom is -0.480 e. The number of nitrogens with one attached hydrogen (secondary N) is 1. The van der Waals surface area contributed by atoms with Crippen LogP contribution in [0.4, 0.5) is 0 Å². The van der Waals surface area contributed by atoms with E-state index >= 15 is 0 Å².